The molecule has 0 bridgehead atoms. The minimum atomic E-state index is -3.55. The number of Topliss-reactive ketones (excluding diaryl/α,β-unsaturated/α-hetero) is 1. The molecule has 0 spiro atoms. The first-order valence-electron chi connectivity index (χ1n) is 9.54. The van der Waals surface area contributed by atoms with Gasteiger partial charge in [-0.15, -0.1) is 0 Å². The topological polar surface area (TPSA) is 118 Å². The van der Waals surface area contributed by atoms with Crippen molar-refractivity contribution in [3.05, 3.63) is 23.2 Å². The van der Waals surface area contributed by atoms with Crippen LogP contribution in [-0.2, 0) is 45.3 Å². The molecule has 0 saturated heterocycles. The average Bonchev–Trinajstić information content (AvgIpc) is 3.02. The predicted octanol–water partition coefficient (Wildman–Crippen LogP) is 3.53. The lowest BCUT2D eigenvalue weighted by molar-refractivity contribution is -0.151. The lowest BCUT2D eigenvalue weighted by atomic mass is 9.94. The van der Waals surface area contributed by atoms with Gasteiger partial charge in [-0.3, -0.25) is 14.2 Å². The molecule has 1 atom stereocenters. The van der Waals surface area contributed by atoms with Crippen LogP contribution in [0.4, 0.5) is 0 Å². The number of furan rings is 1. The van der Waals surface area contributed by atoms with Crippen molar-refractivity contribution < 1.29 is 41.9 Å². The first kappa shape index (κ1) is 25.1. The van der Waals surface area contributed by atoms with Crippen molar-refractivity contribution in [2.75, 3.05) is 26.4 Å². The zero-order valence-electron chi connectivity index (χ0n) is 17.5. The predicted molar refractivity (Wildman–Crippen MR) is 104 cm³/mol. The molecule has 1 heterocycles. The van der Waals surface area contributed by atoms with Crippen LogP contribution < -0.4 is 0 Å². The van der Waals surface area contributed by atoms with Crippen molar-refractivity contribution in [1.29, 1.82) is 0 Å². The maximum Gasteiger partial charge on any atom is 0.341 e. The molecule has 1 unspecified atom stereocenters. The molecule has 1 rings (SSSR count). The number of ketones is 1. The second-order valence-electron chi connectivity index (χ2n) is 6.00. The molecule has 0 aromatic carbocycles. The molecular formula is C19H29O9P. The third-order valence-electron chi connectivity index (χ3n) is 3.94. The summed E-state index contributed by atoms with van der Waals surface area (Å²) in [5, 5.41) is 0. The van der Waals surface area contributed by atoms with Crippen molar-refractivity contribution in [3.63, 3.8) is 0 Å². The molecule has 1 aromatic rings. The molecule has 0 radical (unpaired) electrons. The molecule has 0 saturated carbocycles. The number of carbonyl (C=O) groups is 3. The van der Waals surface area contributed by atoms with Gasteiger partial charge in [0.1, 0.15) is 35.4 Å². The first-order chi connectivity index (χ1) is 13.7. The van der Waals surface area contributed by atoms with Gasteiger partial charge in [0, 0.05) is 5.56 Å². The first-order valence-corrected chi connectivity index (χ1v) is 11.3. The van der Waals surface area contributed by atoms with Crippen molar-refractivity contribution in [2.24, 2.45) is 5.92 Å². The van der Waals surface area contributed by atoms with E-state index in [1.807, 2.05) is 0 Å². The number of ether oxygens (including phenoxy) is 2. The Morgan fingerprint density at radius 1 is 1.00 bits per heavy atom. The molecule has 0 aliphatic heterocycles. The Kier molecular flexibility index (Phi) is 10.3. The van der Waals surface area contributed by atoms with Crippen LogP contribution in [0.1, 0.15) is 56.3 Å². The molecule has 10 heteroatoms. The van der Waals surface area contributed by atoms with Crippen LogP contribution >= 0.6 is 7.60 Å². The summed E-state index contributed by atoms with van der Waals surface area (Å²) in [5.74, 6) is -2.82. The highest BCUT2D eigenvalue weighted by molar-refractivity contribution is 7.53. The lowest BCUT2D eigenvalue weighted by Gasteiger charge is -2.18. The minimum absolute atomic E-state index is 0.0527. The summed E-state index contributed by atoms with van der Waals surface area (Å²) < 4.78 is 39.0. The van der Waals surface area contributed by atoms with Crippen molar-refractivity contribution in [3.8, 4) is 0 Å². The molecule has 164 valence electrons. The number of carbonyl (C=O) groups excluding carboxylic acids is 3. The largest absolute Gasteiger partial charge is 0.467 e. The number of rotatable bonds is 13. The van der Waals surface area contributed by atoms with Gasteiger partial charge in [-0.1, -0.05) is 0 Å². The van der Waals surface area contributed by atoms with Crippen molar-refractivity contribution >= 4 is 25.3 Å². The van der Waals surface area contributed by atoms with E-state index in [0.717, 1.165) is 6.26 Å². The van der Waals surface area contributed by atoms with Crippen LogP contribution in [0.3, 0.4) is 0 Å². The van der Waals surface area contributed by atoms with Crippen LogP contribution in [0.25, 0.3) is 0 Å². The van der Waals surface area contributed by atoms with E-state index in [1.54, 1.807) is 27.7 Å². The quantitative estimate of drug-likeness (QED) is 0.262. The second-order valence-corrected chi connectivity index (χ2v) is 8.05. The zero-order chi connectivity index (χ0) is 22.0. The molecule has 1 aromatic heterocycles. The SMILES string of the molecule is CCOC(=O)c1coc(CP(=O)(OCC)OCC)c1CC(C(C)=O)C(=O)OCC. The van der Waals surface area contributed by atoms with E-state index >= 15 is 0 Å². The van der Waals surface area contributed by atoms with Gasteiger partial charge in [-0.2, -0.15) is 0 Å². The summed E-state index contributed by atoms with van der Waals surface area (Å²) in [6.45, 7) is 8.41. The van der Waals surface area contributed by atoms with Crippen LogP contribution in [0.5, 0.6) is 0 Å². The van der Waals surface area contributed by atoms with Crippen LogP contribution in [0, 0.1) is 5.92 Å². The Balaban J connectivity index is 3.37. The van der Waals surface area contributed by atoms with Crippen LogP contribution in [0.15, 0.2) is 10.7 Å². The smallest absolute Gasteiger partial charge is 0.341 e. The van der Waals surface area contributed by atoms with Gasteiger partial charge in [0.15, 0.2) is 0 Å². The summed E-state index contributed by atoms with van der Waals surface area (Å²) in [7, 11) is -3.55. The molecule has 0 aliphatic carbocycles. The fourth-order valence-electron chi connectivity index (χ4n) is 2.70. The maximum atomic E-state index is 12.9. The number of hydrogen-bond donors (Lipinski definition) is 0. The Hall–Kier alpha value is -1.96. The third-order valence-corrected chi connectivity index (χ3v) is 5.91. The van der Waals surface area contributed by atoms with Gasteiger partial charge >= 0.3 is 19.5 Å². The number of esters is 2. The second kappa shape index (κ2) is 11.9. The van der Waals surface area contributed by atoms with Crippen molar-refractivity contribution in [1.82, 2.24) is 0 Å². The highest BCUT2D eigenvalue weighted by Gasteiger charge is 2.34. The molecule has 9 nitrogen and oxygen atoms in total. The molecule has 0 N–H and O–H groups in total. The van der Waals surface area contributed by atoms with E-state index in [9.17, 15) is 18.9 Å². The molecule has 0 fully saturated rings. The maximum absolute atomic E-state index is 12.9. The Morgan fingerprint density at radius 3 is 2.07 bits per heavy atom. The lowest BCUT2D eigenvalue weighted by Crippen LogP contribution is -2.27. The van der Waals surface area contributed by atoms with Crippen molar-refractivity contribution in [2.45, 2.75) is 47.2 Å². The average molecular weight is 432 g/mol. The summed E-state index contributed by atoms with van der Waals surface area (Å²) >= 11 is 0. The van der Waals surface area contributed by atoms with E-state index in [1.165, 1.54) is 6.92 Å². The van der Waals surface area contributed by atoms with E-state index in [2.05, 4.69) is 0 Å². The van der Waals surface area contributed by atoms with Gasteiger partial charge in [0.05, 0.1) is 26.4 Å². The molecule has 0 aliphatic rings. The van der Waals surface area contributed by atoms with Gasteiger partial charge in [0.25, 0.3) is 0 Å². The minimum Gasteiger partial charge on any atom is -0.467 e. The molecule has 0 amide bonds. The summed E-state index contributed by atoms with van der Waals surface area (Å²) in [5.41, 5.74) is 0.299. The van der Waals surface area contributed by atoms with E-state index < -0.39 is 31.2 Å². The van der Waals surface area contributed by atoms with E-state index in [-0.39, 0.29) is 55.9 Å². The third kappa shape index (κ3) is 7.10. The Bertz CT molecular complexity index is 743. The zero-order valence-corrected chi connectivity index (χ0v) is 18.4. The monoisotopic (exact) mass is 432 g/mol. The van der Waals surface area contributed by atoms with E-state index in [4.69, 9.17) is 22.9 Å². The fraction of sp³-hybridized carbons (Fsp3) is 0.632. The van der Waals surface area contributed by atoms with Crippen LogP contribution in [-0.4, -0.2) is 44.1 Å². The fourth-order valence-corrected chi connectivity index (χ4v) is 4.36. The highest BCUT2D eigenvalue weighted by Crippen LogP contribution is 2.52. The Morgan fingerprint density at radius 2 is 1.59 bits per heavy atom. The normalized spacial score (nSPS) is 12.4. The Labute approximate surface area is 170 Å². The number of hydrogen-bond acceptors (Lipinski definition) is 9. The van der Waals surface area contributed by atoms with Gasteiger partial charge < -0.3 is 22.9 Å². The highest BCUT2D eigenvalue weighted by atomic mass is 31.2. The summed E-state index contributed by atoms with van der Waals surface area (Å²) in [6, 6.07) is 0. The molecular weight excluding hydrogens is 403 g/mol. The standard InChI is InChI=1S/C19H29O9P/c1-6-24-18(21)14(13(5)20)10-15-16(19(22)25-7-2)11-26-17(15)12-29(23,27-8-3)28-9-4/h11,14H,6-10,12H2,1-5H3. The summed E-state index contributed by atoms with van der Waals surface area (Å²) in [4.78, 5) is 36.6. The van der Waals surface area contributed by atoms with Gasteiger partial charge in [-0.25, -0.2) is 4.79 Å². The molecule has 29 heavy (non-hydrogen) atoms. The van der Waals surface area contributed by atoms with E-state index in [0.29, 0.717) is 0 Å². The van der Waals surface area contributed by atoms with Gasteiger partial charge in [-0.05, 0) is 41.0 Å². The van der Waals surface area contributed by atoms with Gasteiger partial charge in [0.2, 0.25) is 0 Å². The summed E-state index contributed by atoms with van der Waals surface area (Å²) in [6.07, 6.45) is 0.747. The van der Waals surface area contributed by atoms with Crippen LogP contribution in [0.2, 0.25) is 0 Å².